The minimum Gasteiger partial charge on any atom is -0.352 e. The van der Waals surface area contributed by atoms with Crippen molar-refractivity contribution in [2.45, 2.75) is 63.4 Å². The molecule has 156 valence electrons. The lowest BCUT2D eigenvalue weighted by molar-refractivity contribution is -0.127. The van der Waals surface area contributed by atoms with Gasteiger partial charge >= 0.3 is 0 Å². The standard InChI is InChI=1S/C21H33N3O3S/c1-16-8-10-19(11-9-16)28(26,27)24-14-12-23(13-15-24)18(3)21(25)22-20-7-5-4-6-17(20)2/h8-11,17-18,20H,4-7,12-15H2,1-3H3,(H,22,25)/t17-,18+,20+/m0/s1. The largest absolute Gasteiger partial charge is 0.352 e. The minimum atomic E-state index is -3.47. The van der Waals surface area contributed by atoms with Crippen LogP contribution >= 0.6 is 0 Å². The Bertz CT molecular complexity index is 771. The van der Waals surface area contributed by atoms with Crippen molar-refractivity contribution in [3.8, 4) is 0 Å². The van der Waals surface area contributed by atoms with Crippen LogP contribution in [0.4, 0.5) is 0 Å². The topological polar surface area (TPSA) is 69.7 Å². The van der Waals surface area contributed by atoms with Crippen molar-refractivity contribution < 1.29 is 13.2 Å². The number of benzene rings is 1. The third-order valence-electron chi connectivity index (χ3n) is 6.30. The van der Waals surface area contributed by atoms with Crippen molar-refractivity contribution in [1.29, 1.82) is 0 Å². The summed E-state index contributed by atoms with van der Waals surface area (Å²) in [7, 11) is -3.47. The highest BCUT2D eigenvalue weighted by Gasteiger charge is 2.33. The Kier molecular flexibility index (Phi) is 6.78. The van der Waals surface area contributed by atoms with E-state index in [-0.39, 0.29) is 18.0 Å². The molecule has 1 saturated carbocycles. The van der Waals surface area contributed by atoms with Crippen molar-refractivity contribution in [2.75, 3.05) is 26.2 Å². The number of amides is 1. The lowest BCUT2D eigenvalue weighted by Crippen LogP contribution is -2.56. The molecule has 0 radical (unpaired) electrons. The number of piperazine rings is 1. The van der Waals surface area contributed by atoms with Crippen LogP contribution in [0.1, 0.15) is 45.1 Å². The summed E-state index contributed by atoms with van der Waals surface area (Å²) in [4.78, 5) is 15.1. The van der Waals surface area contributed by atoms with Gasteiger partial charge in [0, 0.05) is 32.2 Å². The number of hydrogen-bond acceptors (Lipinski definition) is 4. The molecule has 0 spiro atoms. The summed E-state index contributed by atoms with van der Waals surface area (Å²) < 4.78 is 27.2. The second kappa shape index (κ2) is 8.93. The van der Waals surface area contributed by atoms with Gasteiger partial charge in [-0.1, -0.05) is 37.5 Å². The van der Waals surface area contributed by atoms with Gasteiger partial charge in [-0.2, -0.15) is 4.31 Å². The Hall–Kier alpha value is -1.44. The summed E-state index contributed by atoms with van der Waals surface area (Å²) in [5.41, 5.74) is 1.04. The predicted molar refractivity (Wildman–Crippen MR) is 111 cm³/mol. The van der Waals surface area contributed by atoms with E-state index >= 15 is 0 Å². The van der Waals surface area contributed by atoms with Crippen LogP contribution in [0.3, 0.4) is 0 Å². The first-order chi connectivity index (χ1) is 13.3. The molecule has 2 aliphatic rings. The lowest BCUT2D eigenvalue weighted by Gasteiger charge is -2.38. The summed E-state index contributed by atoms with van der Waals surface area (Å²) in [5.74, 6) is 0.593. The highest BCUT2D eigenvalue weighted by molar-refractivity contribution is 7.89. The Labute approximate surface area is 169 Å². The van der Waals surface area contributed by atoms with Gasteiger partial charge in [-0.25, -0.2) is 8.42 Å². The van der Waals surface area contributed by atoms with Crippen molar-refractivity contribution in [2.24, 2.45) is 5.92 Å². The average Bonchev–Trinajstić information content (AvgIpc) is 2.69. The SMILES string of the molecule is Cc1ccc(S(=O)(=O)N2CCN([C@H](C)C(=O)N[C@@H]3CCCC[C@@H]3C)CC2)cc1. The first-order valence-corrected chi connectivity index (χ1v) is 11.8. The Morgan fingerprint density at radius 3 is 2.29 bits per heavy atom. The van der Waals surface area contributed by atoms with Crippen molar-refractivity contribution in [3.05, 3.63) is 29.8 Å². The molecular weight excluding hydrogens is 374 g/mol. The third kappa shape index (κ3) is 4.75. The van der Waals surface area contributed by atoms with Crippen molar-refractivity contribution in [3.63, 3.8) is 0 Å². The van der Waals surface area contributed by atoms with Crippen LogP contribution in [0, 0.1) is 12.8 Å². The average molecular weight is 408 g/mol. The molecule has 0 bridgehead atoms. The molecule has 1 aromatic rings. The second-order valence-electron chi connectivity index (χ2n) is 8.31. The first-order valence-electron chi connectivity index (χ1n) is 10.4. The summed E-state index contributed by atoms with van der Waals surface area (Å²) >= 11 is 0. The van der Waals surface area contributed by atoms with E-state index in [1.165, 1.54) is 23.6 Å². The molecule has 0 unspecified atom stereocenters. The predicted octanol–water partition coefficient (Wildman–Crippen LogP) is 2.38. The van der Waals surface area contributed by atoms with Crippen LogP contribution in [0.15, 0.2) is 29.2 Å². The molecule has 28 heavy (non-hydrogen) atoms. The lowest BCUT2D eigenvalue weighted by atomic mass is 9.86. The zero-order valence-electron chi connectivity index (χ0n) is 17.2. The number of nitrogens with one attached hydrogen (secondary N) is 1. The fourth-order valence-electron chi connectivity index (χ4n) is 4.19. The summed E-state index contributed by atoms with van der Waals surface area (Å²) in [6.07, 6.45) is 4.66. The monoisotopic (exact) mass is 407 g/mol. The van der Waals surface area contributed by atoms with Gasteiger partial charge in [-0.05, 0) is 44.7 Å². The zero-order chi connectivity index (χ0) is 20.3. The molecule has 6 nitrogen and oxygen atoms in total. The molecule has 1 saturated heterocycles. The number of nitrogens with zero attached hydrogens (tertiary/aromatic N) is 2. The van der Waals surface area contributed by atoms with E-state index < -0.39 is 10.0 Å². The quantitative estimate of drug-likeness (QED) is 0.814. The number of aryl methyl sites for hydroxylation is 1. The molecule has 1 heterocycles. The van der Waals surface area contributed by atoms with Gasteiger partial charge in [0.2, 0.25) is 15.9 Å². The molecule has 7 heteroatoms. The molecule has 1 aromatic carbocycles. The van der Waals surface area contributed by atoms with E-state index in [0.29, 0.717) is 37.0 Å². The molecule has 1 amide bonds. The van der Waals surface area contributed by atoms with E-state index in [1.807, 2.05) is 26.0 Å². The van der Waals surface area contributed by atoms with E-state index in [9.17, 15) is 13.2 Å². The van der Waals surface area contributed by atoms with Gasteiger partial charge in [0.25, 0.3) is 0 Å². The molecule has 1 aliphatic heterocycles. The summed E-state index contributed by atoms with van der Waals surface area (Å²) in [5, 5.41) is 3.23. The molecule has 3 atom stereocenters. The Morgan fingerprint density at radius 2 is 1.68 bits per heavy atom. The second-order valence-corrected chi connectivity index (χ2v) is 10.2. The fraction of sp³-hybridized carbons (Fsp3) is 0.667. The van der Waals surface area contributed by atoms with Crippen molar-refractivity contribution in [1.82, 2.24) is 14.5 Å². The molecule has 3 rings (SSSR count). The smallest absolute Gasteiger partial charge is 0.243 e. The highest BCUT2D eigenvalue weighted by Crippen LogP contribution is 2.24. The van der Waals surface area contributed by atoms with Gasteiger partial charge in [-0.3, -0.25) is 9.69 Å². The van der Waals surface area contributed by atoms with Crippen LogP contribution in [0.2, 0.25) is 0 Å². The normalized spacial score (nSPS) is 26.0. The maximum Gasteiger partial charge on any atom is 0.243 e. The van der Waals surface area contributed by atoms with Gasteiger partial charge in [0.05, 0.1) is 10.9 Å². The van der Waals surface area contributed by atoms with Gasteiger partial charge in [0.15, 0.2) is 0 Å². The highest BCUT2D eigenvalue weighted by atomic mass is 32.2. The molecule has 1 aliphatic carbocycles. The van der Waals surface area contributed by atoms with Crippen LogP contribution < -0.4 is 5.32 Å². The number of carbonyl (C=O) groups is 1. The minimum absolute atomic E-state index is 0.0635. The van der Waals surface area contributed by atoms with Crippen LogP contribution in [0.5, 0.6) is 0 Å². The van der Waals surface area contributed by atoms with E-state index in [2.05, 4.69) is 17.1 Å². The maximum atomic E-state index is 12.8. The Balaban J connectivity index is 1.55. The van der Waals surface area contributed by atoms with Crippen molar-refractivity contribution >= 4 is 15.9 Å². The first kappa shape index (κ1) is 21.3. The van der Waals surface area contributed by atoms with Gasteiger partial charge < -0.3 is 5.32 Å². The van der Waals surface area contributed by atoms with E-state index in [0.717, 1.165) is 12.0 Å². The summed E-state index contributed by atoms with van der Waals surface area (Å²) in [6.45, 7) is 8.03. The van der Waals surface area contributed by atoms with E-state index in [4.69, 9.17) is 0 Å². The number of sulfonamides is 1. The zero-order valence-corrected chi connectivity index (χ0v) is 18.0. The Morgan fingerprint density at radius 1 is 1.07 bits per heavy atom. The van der Waals surface area contributed by atoms with Gasteiger partial charge in [-0.15, -0.1) is 0 Å². The number of carbonyl (C=O) groups excluding carboxylic acids is 1. The third-order valence-corrected chi connectivity index (χ3v) is 8.21. The number of rotatable bonds is 5. The molecular formula is C21H33N3O3S. The van der Waals surface area contributed by atoms with Crippen LogP contribution in [0.25, 0.3) is 0 Å². The molecule has 1 N–H and O–H groups in total. The molecule has 2 fully saturated rings. The van der Waals surface area contributed by atoms with Crippen LogP contribution in [-0.4, -0.2) is 61.8 Å². The number of hydrogen-bond donors (Lipinski definition) is 1. The fourth-order valence-corrected chi connectivity index (χ4v) is 5.61. The summed E-state index contributed by atoms with van der Waals surface area (Å²) in [6, 6.07) is 7.01. The van der Waals surface area contributed by atoms with Crippen LogP contribution in [-0.2, 0) is 14.8 Å². The van der Waals surface area contributed by atoms with Gasteiger partial charge in [0.1, 0.15) is 0 Å². The maximum absolute atomic E-state index is 12.8. The van der Waals surface area contributed by atoms with E-state index in [1.54, 1.807) is 12.1 Å². The molecule has 0 aromatic heterocycles.